The lowest BCUT2D eigenvalue weighted by Crippen LogP contribution is -2.30. The topological polar surface area (TPSA) is 73.9 Å². The van der Waals surface area contributed by atoms with Gasteiger partial charge in [-0.2, -0.15) is 9.97 Å². The zero-order valence-electron chi connectivity index (χ0n) is 14.5. The van der Waals surface area contributed by atoms with Gasteiger partial charge in [0.15, 0.2) is 0 Å². The lowest BCUT2D eigenvalue weighted by atomic mass is 10.2. The maximum absolute atomic E-state index is 12.0. The van der Waals surface area contributed by atoms with Crippen LogP contribution in [0.2, 0.25) is 0 Å². The second-order valence-corrected chi connectivity index (χ2v) is 7.39. The molecule has 1 aliphatic rings. The van der Waals surface area contributed by atoms with E-state index in [0.29, 0.717) is 24.5 Å². The van der Waals surface area contributed by atoms with E-state index in [1.54, 1.807) is 0 Å². The first-order valence-corrected chi connectivity index (χ1v) is 9.67. The molecule has 134 valence electrons. The lowest BCUT2D eigenvalue weighted by Gasteiger charge is -2.22. The van der Waals surface area contributed by atoms with E-state index in [4.69, 9.17) is 0 Å². The molecular weight excluding hydrogens is 382 g/mol. The Labute approximate surface area is 156 Å². The van der Waals surface area contributed by atoms with Crippen LogP contribution >= 0.6 is 15.9 Å². The Balaban J connectivity index is 1.80. The summed E-state index contributed by atoms with van der Waals surface area (Å²) < 4.78 is 1.05. The molecule has 1 heterocycles. The summed E-state index contributed by atoms with van der Waals surface area (Å²) in [6, 6.07) is 8.57. The van der Waals surface area contributed by atoms with Gasteiger partial charge in [-0.1, -0.05) is 47.8 Å². The van der Waals surface area contributed by atoms with E-state index in [2.05, 4.69) is 60.2 Å². The predicted molar refractivity (Wildman–Crippen MR) is 104 cm³/mol. The standard InChI is InChI=1S/C18H24BrN5O/c1-2-11-24(12-13-7-9-14(19)10-8-13)17-21-16(22-18(25)23-17)20-15-5-3-4-6-15/h7-10,15H,2-6,11-12H2,1H3,(H2,20,21,22,23,25). The van der Waals surface area contributed by atoms with Crippen LogP contribution in [0.4, 0.5) is 11.9 Å². The average molecular weight is 406 g/mol. The Hall–Kier alpha value is -1.89. The number of aromatic nitrogens is 3. The molecule has 1 aliphatic carbocycles. The third-order valence-electron chi connectivity index (χ3n) is 4.40. The number of benzene rings is 1. The Morgan fingerprint density at radius 2 is 1.96 bits per heavy atom. The van der Waals surface area contributed by atoms with Crippen LogP contribution < -0.4 is 15.9 Å². The fourth-order valence-corrected chi connectivity index (χ4v) is 3.44. The van der Waals surface area contributed by atoms with Gasteiger partial charge in [-0.05, 0) is 37.0 Å². The van der Waals surface area contributed by atoms with Crippen LogP contribution in [0.25, 0.3) is 0 Å². The van der Waals surface area contributed by atoms with Crippen LogP contribution in [0.3, 0.4) is 0 Å². The van der Waals surface area contributed by atoms with E-state index >= 15 is 0 Å². The summed E-state index contributed by atoms with van der Waals surface area (Å²) in [6.07, 6.45) is 5.66. The molecule has 25 heavy (non-hydrogen) atoms. The van der Waals surface area contributed by atoms with E-state index in [1.165, 1.54) is 12.8 Å². The molecule has 3 rings (SSSR count). The van der Waals surface area contributed by atoms with Gasteiger partial charge in [-0.25, -0.2) is 4.79 Å². The van der Waals surface area contributed by atoms with Crippen molar-refractivity contribution < 1.29 is 0 Å². The number of halogens is 1. The Morgan fingerprint density at radius 1 is 1.24 bits per heavy atom. The summed E-state index contributed by atoms with van der Waals surface area (Å²) in [5, 5.41) is 3.35. The first kappa shape index (κ1) is 17.9. The highest BCUT2D eigenvalue weighted by Crippen LogP contribution is 2.21. The minimum Gasteiger partial charge on any atom is -0.353 e. The van der Waals surface area contributed by atoms with Crippen molar-refractivity contribution in [3.8, 4) is 0 Å². The van der Waals surface area contributed by atoms with Gasteiger partial charge in [0.25, 0.3) is 0 Å². The van der Waals surface area contributed by atoms with E-state index in [0.717, 1.165) is 35.8 Å². The maximum atomic E-state index is 12.0. The first-order valence-electron chi connectivity index (χ1n) is 8.88. The van der Waals surface area contributed by atoms with Crippen molar-refractivity contribution in [2.75, 3.05) is 16.8 Å². The molecule has 1 fully saturated rings. The van der Waals surface area contributed by atoms with E-state index in [9.17, 15) is 4.79 Å². The number of aromatic amines is 1. The van der Waals surface area contributed by atoms with Crippen LogP contribution in [0.15, 0.2) is 33.5 Å². The van der Waals surface area contributed by atoms with Gasteiger partial charge < -0.3 is 10.2 Å². The average Bonchev–Trinajstić information content (AvgIpc) is 3.09. The second-order valence-electron chi connectivity index (χ2n) is 6.48. The smallest absolute Gasteiger partial charge is 0.350 e. The lowest BCUT2D eigenvalue weighted by molar-refractivity contribution is 0.715. The SMILES string of the molecule is CCCN(Cc1ccc(Br)cc1)c1nc(NC2CCCC2)[nH]c(=O)n1. The third kappa shape index (κ3) is 5.04. The molecule has 0 atom stereocenters. The largest absolute Gasteiger partial charge is 0.353 e. The Morgan fingerprint density at radius 3 is 2.64 bits per heavy atom. The highest BCUT2D eigenvalue weighted by molar-refractivity contribution is 9.10. The van der Waals surface area contributed by atoms with Crippen LogP contribution in [-0.4, -0.2) is 27.5 Å². The number of H-pyrrole nitrogens is 1. The number of nitrogens with zero attached hydrogens (tertiary/aromatic N) is 3. The minimum absolute atomic E-state index is 0.359. The predicted octanol–water partition coefficient (Wildman–Crippen LogP) is 3.70. The van der Waals surface area contributed by atoms with Crippen molar-refractivity contribution in [1.29, 1.82) is 0 Å². The Bertz CT molecular complexity index is 740. The van der Waals surface area contributed by atoms with E-state index < -0.39 is 0 Å². The van der Waals surface area contributed by atoms with E-state index in [1.807, 2.05) is 12.1 Å². The number of rotatable bonds is 7. The molecule has 7 heteroatoms. The monoisotopic (exact) mass is 405 g/mol. The molecule has 0 saturated heterocycles. The van der Waals surface area contributed by atoms with Crippen LogP contribution in [0, 0.1) is 0 Å². The van der Waals surface area contributed by atoms with Crippen molar-refractivity contribution >= 4 is 27.8 Å². The van der Waals surface area contributed by atoms with Gasteiger partial charge in [0.2, 0.25) is 11.9 Å². The Kier molecular flexibility index (Phi) is 6.07. The van der Waals surface area contributed by atoms with Gasteiger partial charge in [-0.3, -0.25) is 4.98 Å². The van der Waals surface area contributed by atoms with Crippen molar-refractivity contribution in [3.63, 3.8) is 0 Å². The normalized spacial score (nSPS) is 14.6. The summed E-state index contributed by atoms with van der Waals surface area (Å²) in [5.74, 6) is 1.01. The van der Waals surface area contributed by atoms with Crippen molar-refractivity contribution in [3.05, 3.63) is 44.8 Å². The molecule has 0 unspecified atom stereocenters. The second kappa shape index (κ2) is 8.47. The zero-order valence-corrected chi connectivity index (χ0v) is 16.1. The summed E-state index contributed by atoms with van der Waals surface area (Å²) in [4.78, 5) is 25.5. The van der Waals surface area contributed by atoms with Gasteiger partial charge in [0, 0.05) is 23.6 Å². The molecule has 1 aromatic heterocycles. The third-order valence-corrected chi connectivity index (χ3v) is 4.93. The molecule has 1 saturated carbocycles. The number of hydrogen-bond donors (Lipinski definition) is 2. The number of nitrogens with one attached hydrogen (secondary N) is 2. The summed E-state index contributed by atoms with van der Waals surface area (Å²) in [5.41, 5.74) is 0.799. The fraction of sp³-hybridized carbons (Fsp3) is 0.500. The summed E-state index contributed by atoms with van der Waals surface area (Å²) >= 11 is 3.46. The molecule has 2 N–H and O–H groups in total. The van der Waals surface area contributed by atoms with Crippen molar-refractivity contribution in [2.24, 2.45) is 0 Å². The molecule has 0 aliphatic heterocycles. The first-order chi connectivity index (χ1) is 12.1. The van der Waals surface area contributed by atoms with Crippen LogP contribution in [0.5, 0.6) is 0 Å². The van der Waals surface area contributed by atoms with Crippen molar-refractivity contribution in [1.82, 2.24) is 15.0 Å². The van der Waals surface area contributed by atoms with Gasteiger partial charge in [-0.15, -0.1) is 0 Å². The molecular formula is C18H24BrN5O. The number of anilines is 2. The van der Waals surface area contributed by atoms with Gasteiger partial charge in [0.1, 0.15) is 0 Å². The molecule has 0 spiro atoms. The quantitative estimate of drug-likeness (QED) is 0.734. The molecule has 0 radical (unpaired) electrons. The zero-order chi connectivity index (χ0) is 17.6. The highest BCUT2D eigenvalue weighted by atomic mass is 79.9. The highest BCUT2D eigenvalue weighted by Gasteiger charge is 2.17. The maximum Gasteiger partial charge on any atom is 0.350 e. The molecule has 2 aromatic rings. The van der Waals surface area contributed by atoms with E-state index in [-0.39, 0.29) is 5.69 Å². The minimum atomic E-state index is -0.359. The number of hydrogen-bond acceptors (Lipinski definition) is 5. The molecule has 1 aromatic carbocycles. The molecule has 0 bridgehead atoms. The van der Waals surface area contributed by atoms with Crippen LogP contribution in [0.1, 0.15) is 44.6 Å². The summed E-state index contributed by atoms with van der Waals surface area (Å²) in [6.45, 7) is 3.58. The molecule has 6 nitrogen and oxygen atoms in total. The summed E-state index contributed by atoms with van der Waals surface area (Å²) in [7, 11) is 0. The van der Waals surface area contributed by atoms with Gasteiger partial charge in [0.05, 0.1) is 0 Å². The molecule has 0 amide bonds. The van der Waals surface area contributed by atoms with Gasteiger partial charge >= 0.3 is 5.69 Å². The fourth-order valence-electron chi connectivity index (χ4n) is 3.18. The van der Waals surface area contributed by atoms with Crippen LogP contribution in [-0.2, 0) is 6.54 Å². The van der Waals surface area contributed by atoms with Crippen molar-refractivity contribution in [2.45, 2.75) is 51.6 Å².